The van der Waals surface area contributed by atoms with E-state index in [-0.39, 0.29) is 5.91 Å². The number of aromatic nitrogens is 6. The van der Waals surface area contributed by atoms with E-state index in [4.69, 9.17) is 30.4 Å². The molecule has 2 fully saturated rings. The zero-order valence-electron chi connectivity index (χ0n) is 20.7. The van der Waals surface area contributed by atoms with E-state index in [1.165, 1.54) is 0 Å². The van der Waals surface area contributed by atoms with Crippen LogP contribution in [-0.4, -0.2) is 85.8 Å². The fourth-order valence-corrected chi connectivity index (χ4v) is 5.31. The van der Waals surface area contributed by atoms with Crippen molar-refractivity contribution in [2.45, 2.75) is 19.8 Å². The van der Waals surface area contributed by atoms with Crippen molar-refractivity contribution >= 4 is 33.9 Å². The second-order valence-electron chi connectivity index (χ2n) is 9.64. The minimum Gasteiger partial charge on any atom is -0.378 e. The number of para-hydroxylation sites is 2. The van der Waals surface area contributed by atoms with Crippen molar-refractivity contribution in [2.24, 2.45) is 18.7 Å². The van der Waals surface area contributed by atoms with Gasteiger partial charge in [0.1, 0.15) is 11.6 Å². The maximum atomic E-state index is 11.2. The predicted molar refractivity (Wildman–Crippen MR) is 136 cm³/mol. The van der Waals surface area contributed by atoms with E-state index >= 15 is 0 Å². The Labute approximate surface area is 208 Å². The molecular weight excluding hydrogens is 458 g/mol. The molecule has 36 heavy (non-hydrogen) atoms. The lowest BCUT2D eigenvalue weighted by atomic mass is 9.96. The maximum absolute atomic E-state index is 11.2. The van der Waals surface area contributed by atoms with Crippen molar-refractivity contribution in [1.29, 1.82) is 0 Å². The number of anilines is 1. The SMILES string of the molecule is CCc1nc2ccccc2n1-c1nc(N2CCOCC2)c2nc(CC3CN(CC(N)=O)C3)n(C)c2n1. The van der Waals surface area contributed by atoms with Crippen LogP contribution in [0.4, 0.5) is 5.82 Å². The Kier molecular flexibility index (Phi) is 5.81. The summed E-state index contributed by atoms with van der Waals surface area (Å²) in [6.45, 7) is 6.94. The highest BCUT2D eigenvalue weighted by molar-refractivity contribution is 5.86. The number of imidazole rings is 2. The number of ether oxygens (including phenoxy) is 1. The fourth-order valence-electron chi connectivity index (χ4n) is 5.31. The topological polar surface area (TPSA) is 120 Å². The molecule has 11 heteroatoms. The van der Waals surface area contributed by atoms with Crippen molar-refractivity contribution in [3.05, 3.63) is 35.9 Å². The summed E-state index contributed by atoms with van der Waals surface area (Å²) in [4.78, 5) is 35.5. The van der Waals surface area contributed by atoms with Gasteiger partial charge in [-0.1, -0.05) is 19.1 Å². The molecule has 0 saturated carbocycles. The number of benzene rings is 1. The van der Waals surface area contributed by atoms with E-state index in [1.54, 1.807) is 0 Å². The van der Waals surface area contributed by atoms with Gasteiger partial charge in [-0.25, -0.2) is 9.97 Å². The van der Waals surface area contributed by atoms with Crippen LogP contribution in [0.1, 0.15) is 18.6 Å². The van der Waals surface area contributed by atoms with Gasteiger partial charge in [0.05, 0.1) is 30.8 Å². The summed E-state index contributed by atoms with van der Waals surface area (Å²) in [7, 11) is 2.02. The number of nitrogens with zero attached hydrogens (tertiary/aromatic N) is 8. The van der Waals surface area contributed by atoms with Crippen molar-refractivity contribution in [3.63, 3.8) is 0 Å². The Bertz CT molecular complexity index is 1430. The molecule has 2 aliphatic rings. The fraction of sp³-hybridized carbons (Fsp3) is 0.480. The van der Waals surface area contributed by atoms with Crippen molar-refractivity contribution in [2.75, 3.05) is 50.8 Å². The average Bonchev–Trinajstić information content (AvgIpc) is 3.40. The van der Waals surface area contributed by atoms with E-state index < -0.39 is 0 Å². The molecule has 11 nitrogen and oxygen atoms in total. The Morgan fingerprint density at radius 2 is 1.86 bits per heavy atom. The van der Waals surface area contributed by atoms with E-state index in [1.807, 2.05) is 25.2 Å². The third-order valence-electron chi connectivity index (χ3n) is 7.12. The van der Waals surface area contributed by atoms with E-state index in [0.29, 0.717) is 31.6 Å². The van der Waals surface area contributed by atoms with Gasteiger partial charge in [-0.15, -0.1) is 0 Å². The summed E-state index contributed by atoms with van der Waals surface area (Å²) < 4.78 is 9.77. The highest BCUT2D eigenvalue weighted by Gasteiger charge is 2.30. The highest BCUT2D eigenvalue weighted by Crippen LogP contribution is 2.29. The zero-order valence-corrected chi connectivity index (χ0v) is 20.7. The molecule has 0 spiro atoms. The molecule has 2 aliphatic heterocycles. The molecular formula is C25H31N9O2. The van der Waals surface area contributed by atoms with Gasteiger partial charge in [0.25, 0.3) is 0 Å². The van der Waals surface area contributed by atoms with E-state index in [0.717, 1.165) is 78.7 Å². The average molecular weight is 490 g/mol. The molecule has 2 saturated heterocycles. The number of fused-ring (bicyclic) bond motifs is 2. The van der Waals surface area contributed by atoms with Gasteiger partial charge in [0, 0.05) is 46.1 Å². The number of rotatable bonds is 7. The van der Waals surface area contributed by atoms with E-state index in [9.17, 15) is 4.79 Å². The quantitative estimate of drug-likeness (QED) is 0.409. The first kappa shape index (κ1) is 22.9. The molecule has 4 aromatic rings. The molecule has 0 aliphatic carbocycles. The van der Waals surface area contributed by atoms with Crippen LogP contribution in [0.5, 0.6) is 0 Å². The Morgan fingerprint density at radius 1 is 1.08 bits per heavy atom. The summed E-state index contributed by atoms with van der Waals surface area (Å²) in [5.74, 6) is 3.50. The standard InChI is InChI=1S/C25H31N9O2/c1-3-20-27-17-6-4-5-7-18(17)34(20)25-29-23-22(24(30-25)33-8-10-36-11-9-33)28-21(31(23)2)12-16-13-32(14-16)15-19(26)35/h4-7,16H,3,8-15H2,1-2H3,(H2,26,35). The third-order valence-corrected chi connectivity index (χ3v) is 7.12. The normalized spacial score (nSPS) is 17.2. The van der Waals surface area contributed by atoms with Crippen molar-refractivity contribution < 1.29 is 9.53 Å². The number of hydrogen-bond acceptors (Lipinski definition) is 8. The van der Waals surface area contributed by atoms with Gasteiger partial charge in [-0.05, 0) is 18.1 Å². The van der Waals surface area contributed by atoms with Crippen LogP contribution in [0.15, 0.2) is 24.3 Å². The highest BCUT2D eigenvalue weighted by atomic mass is 16.5. The number of nitrogens with two attached hydrogens (primary N) is 1. The second kappa shape index (κ2) is 9.14. The van der Waals surface area contributed by atoms with Gasteiger partial charge < -0.3 is 19.9 Å². The first-order valence-electron chi connectivity index (χ1n) is 12.5. The van der Waals surface area contributed by atoms with Crippen LogP contribution in [0, 0.1) is 5.92 Å². The monoisotopic (exact) mass is 489 g/mol. The molecule has 1 amide bonds. The van der Waals surface area contributed by atoms with Crippen LogP contribution >= 0.6 is 0 Å². The minimum absolute atomic E-state index is 0.285. The van der Waals surface area contributed by atoms with Gasteiger partial charge in [0.15, 0.2) is 17.0 Å². The number of carbonyl (C=O) groups excluding carboxylic acids is 1. The molecule has 3 aromatic heterocycles. The number of likely N-dealkylation sites (tertiary alicyclic amines) is 1. The summed E-state index contributed by atoms with van der Waals surface area (Å²) in [6.07, 6.45) is 1.58. The summed E-state index contributed by atoms with van der Waals surface area (Å²) >= 11 is 0. The van der Waals surface area contributed by atoms with Crippen LogP contribution in [0.3, 0.4) is 0 Å². The zero-order chi connectivity index (χ0) is 24.8. The third kappa shape index (κ3) is 3.97. The molecule has 188 valence electrons. The summed E-state index contributed by atoms with van der Waals surface area (Å²) in [6, 6.07) is 8.10. The van der Waals surface area contributed by atoms with Crippen molar-refractivity contribution in [1.82, 2.24) is 34.0 Å². The molecule has 0 bridgehead atoms. The van der Waals surface area contributed by atoms with Crippen LogP contribution in [0.25, 0.3) is 28.1 Å². The lowest BCUT2D eigenvalue weighted by molar-refractivity contribution is -0.120. The van der Waals surface area contributed by atoms with Crippen LogP contribution < -0.4 is 10.6 Å². The van der Waals surface area contributed by atoms with Gasteiger partial charge >= 0.3 is 0 Å². The lowest BCUT2D eigenvalue weighted by Gasteiger charge is -2.38. The number of hydrogen-bond donors (Lipinski definition) is 1. The van der Waals surface area contributed by atoms with E-state index in [2.05, 4.69) is 31.9 Å². The molecule has 0 radical (unpaired) electrons. The first-order chi connectivity index (χ1) is 17.5. The number of primary amides is 1. The second-order valence-corrected chi connectivity index (χ2v) is 9.64. The predicted octanol–water partition coefficient (Wildman–Crippen LogP) is 1.06. The molecule has 0 unspecified atom stereocenters. The Morgan fingerprint density at radius 3 is 2.61 bits per heavy atom. The minimum atomic E-state index is -0.285. The molecule has 1 aromatic carbocycles. The van der Waals surface area contributed by atoms with Crippen LogP contribution in [-0.2, 0) is 29.4 Å². The molecule has 5 heterocycles. The number of amides is 1. The molecule has 6 rings (SSSR count). The number of carbonyl (C=O) groups is 1. The lowest BCUT2D eigenvalue weighted by Crippen LogP contribution is -2.50. The van der Waals surface area contributed by atoms with Gasteiger partial charge in [-0.3, -0.25) is 14.3 Å². The maximum Gasteiger partial charge on any atom is 0.239 e. The van der Waals surface area contributed by atoms with Crippen LogP contribution in [0.2, 0.25) is 0 Å². The largest absolute Gasteiger partial charge is 0.378 e. The summed E-state index contributed by atoms with van der Waals surface area (Å²) in [5.41, 5.74) is 8.89. The number of aryl methyl sites for hydroxylation is 2. The van der Waals surface area contributed by atoms with Gasteiger partial charge in [0.2, 0.25) is 11.9 Å². The van der Waals surface area contributed by atoms with Crippen molar-refractivity contribution in [3.8, 4) is 5.95 Å². The Balaban J connectivity index is 1.44. The molecule has 0 atom stereocenters. The smallest absolute Gasteiger partial charge is 0.239 e. The Hall–Kier alpha value is -3.57. The summed E-state index contributed by atoms with van der Waals surface area (Å²) in [5, 5.41) is 0. The molecule has 2 N–H and O–H groups in total. The first-order valence-corrected chi connectivity index (χ1v) is 12.5. The van der Waals surface area contributed by atoms with Gasteiger partial charge in [-0.2, -0.15) is 9.97 Å². The number of morpholine rings is 1.